The van der Waals surface area contributed by atoms with Gasteiger partial charge in [0, 0.05) is 25.3 Å². The lowest BCUT2D eigenvalue weighted by Gasteiger charge is -2.11. The van der Waals surface area contributed by atoms with Gasteiger partial charge in [0.25, 0.3) is 0 Å². The van der Waals surface area contributed by atoms with Gasteiger partial charge in [0.05, 0.1) is 6.20 Å². The van der Waals surface area contributed by atoms with Crippen LogP contribution in [0.25, 0.3) is 0 Å². The van der Waals surface area contributed by atoms with E-state index in [0.717, 1.165) is 38.4 Å². The normalized spacial score (nSPS) is 11.1. The van der Waals surface area contributed by atoms with E-state index in [0.29, 0.717) is 0 Å². The van der Waals surface area contributed by atoms with Crippen molar-refractivity contribution in [2.75, 3.05) is 19.6 Å². The maximum atomic E-state index is 4.62. The number of hydrogen-bond donors (Lipinski definition) is 3. The summed E-state index contributed by atoms with van der Waals surface area (Å²) in [5, 5.41) is 13.7. The SMILES string of the molecule is CCCCCCNC(=NCCCc1cn[nH]c1C)NCC.I. The van der Waals surface area contributed by atoms with Crippen LogP contribution in [-0.2, 0) is 6.42 Å². The predicted octanol–water partition coefficient (Wildman–Crippen LogP) is 3.40. The van der Waals surface area contributed by atoms with Gasteiger partial charge >= 0.3 is 0 Å². The van der Waals surface area contributed by atoms with E-state index in [9.17, 15) is 0 Å². The highest BCUT2D eigenvalue weighted by Crippen LogP contribution is 2.05. The molecule has 0 radical (unpaired) electrons. The summed E-state index contributed by atoms with van der Waals surface area (Å²) in [6.45, 7) is 9.15. The lowest BCUT2D eigenvalue weighted by molar-refractivity contribution is 0.646. The molecule has 0 aliphatic heterocycles. The largest absolute Gasteiger partial charge is 0.357 e. The zero-order valence-electron chi connectivity index (χ0n) is 14.2. The van der Waals surface area contributed by atoms with Crippen molar-refractivity contribution in [1.82, 2.24) is 20.8 Å². The van der Waals surface area contributed by atoms with Crippen LogP contribution in [0.4, 0.5) is 0 Å². The van der Waals surface area contributed by atoms with Gasteiger partial charge in [0.15, 0.2) is 5.96 Å². The molecule has 0 spiro atoms. The van der Waals surface area contributed by atoms with E-state index >= 15 is 0 Å². The van der Waals surface area contributed by atoms with E-state index in [-0.39, 0.29) is 24.0 Å². The number of rotatable bonds is 10. The molecule has 0 unspecified atom stereocenters. The molecule has 0 amide bonds. The molecule has 1 rings (SSSR count). The van der Waals surface area contributed by atoms with Gasteiger partial charge in [-0.05, 0) is 38.7 Å². The zero-order chi connectivity index (χ0) is 15.3. The summed E-state index contributed by atoms with van der Waals surface area (Å²) in [5.41, 5.74) is 2.46. The number of aromatic amines is 1. The van der Waals surface area contributed by atoms with Crippen LogP contribution in [0.1, 0.15) is 57.2 Å². The lowest BCUT2D eigenvalue weighted by Crippen LogP contribution is -2.37. The average molecular weight is 421 g/mol. The molecular formula is C16H32IN5. The Kier molecular flexibility index (Phi) is 13.3. The van der Waals surface area contributed by atoms with Crippen LogP contribution >= 0.6 is 24.0 Å². The fourth-order valence-corrected chi connectivity index (χ4v) is 2.19. The first-order valence-corrected chi connectivity index (χ1v) is 8.29. The molecule has 0 atom stereocenters. The van der Waals surface area contributed by atoms with E-state index in [1.165, 1.54) is 36.9 Å². The van der Waals surface area contributed by atoms with Gasteiger partial charge in [-0.15, -0.1) is 24.0 Å². The molecule has 5 nitrogen and oxygen atoms in total. The molecule has 0 saturated carbocycles. The van der Waals surface area contributed by atoms with Gasteiger partial charge < -0.3 is 10.6 Å². The Labute approximate surface area is 152 Å². The topological polar surface area (TPSA) is 65.1 Å². The van der Waals surface area contributed by atoms with Gasteiger partial charge in [-0.2, -0.15) is 5.10 Å². The van der Waals surface area contributed by atoms with E-state index in [2.05, 4.69) is 46.6 Å². The minimum atomic E-state index is 0. The second-order valence-corrected chi connectivity index (χ2v) is 5.37. The van der Waals surface area contributed by atoms with Gasteiger partial charge in [-0.25, -0.2) is 0 Å². The van der Waals surface area contributed by atoms with Gasteiger partial charge in [-0.1, -0.05) is 26.2 Å². The molecule has 6 heteroatoms. The second kappa shape index (κ2) is 13.8. The third-order valence-electron chi connectivity index (χ3n) is 3.48. The summed E-state index contributed by atoms with van der Waals surface area (Å²) in [5.74, 6) is 0.943. The number of nitrogens with zero attached hydrogens (tertiary/aromatic N) is 2. The first kappa shape index (κ1) is 21.2. The lowest BCUT2D eigenvalue weighted by atomic mass is 10.1. The minimum Gasteiger partial charge on any atom is -0.357 e. The van der Waals surface area contributed by atoms with Crippen molar-refractivity contribution in [3.63, 3.8) is 0 Å². The van der Waals surface area contributed by atoms with E-state index < -0.39 is 0 Å². The monoisotopic (exact) mass is 421 g/mol. The van der Waals surface area contributed by atoms with Crippen molar-refractivity contribution in [2.45, 2.75) is 59.3 Å². The number of aromatic nitrogens is 2. The van der Waals surface area contributed by atoms with E-state index in [1.807, 2.05) is 6.20 Å². The highest BCUT2D eigenvalue weighted by molar-refractivity contribution is 14.0. The average Bonchev–Trinajstić information content (AvgIpc) is 2.88. The number of guanidine groups is 1. The quantitative estimate of drug-likeness (QED) is 0.235. The summed E-state index contributed by atoms with van der Waals surface area (Å²) in [4.78, 5) is 4.62. The summed E-state index contributed by atoms with van der Waals surface area (Å²) < 4.78 is 0. The van der Waals surface area contributed by atoms with Crippen molar-refractivity contribution >= 4 is 29.9 Å². The maximum Gasteiger partial charge on any atom is 0.191 e. The second-order valence-electron chi connectivity index (χ2n) is 5.37. The minimum absolute atomic E-state index is 0. The third kappa shape index (κ3) is 9.27. The van der Waals surface area contributed by atoms with E-state index in [1.54, 1.807) is 0 Å². The molecule has 128 valence electrons. The summed E-state index contributed by atoms with van der Waals surface area (Å²) in [6, 6.07) is 0. The third-order valence-corrected chi connectivity index (χ3v) is 3.48. The Hall–Kier alpha value is -0.790. The van der Waals surface area contributed by atoms with Crippen LogP contribution in [0.3, 0.4) is 0 Å². The number of hydrogen-bond acceptors (Lipinski definition) is 2. The van der Waals surface area contributed by atoms with Crippen LogP contribution in [0, 0.1) is 6.92 Å². The molecule has 0 aliphatic rings. The Morgan fingerprint density at radius 1 is 1.18 bits per heavy atom. The Morgan fingerprint density at radius 3 is 2.64 bits per heavy atom. The molecule has 0 saturated heterocycles. The van der Waals surface area contributed by atoms with Crippen LogP contribution < -0.4 is 10.6 Å². The number of aliphatic imine (C=N–C) groups is 1. The molecule has 0 fully saturated rings. The molecule has 0 bridgehead atoms. The first-order valence-electron chi connectivity index (χ1n) is 8.29. The van der Waals surface area contributed by atoms with Crippen molar-refractivity contribution in [3.05, 3.63) is 17.5 Å². The van der Waals surface area contributed by atoms with Crippen LogP contribution in [0.15, 0.2) is 11.2 Å². The van der Waals surface area contributed by atoms with Gasteiger partial charge in [0.2, 0.25) is 0 Å². The Balaban J connectivity index is 0.00000441. The molecule has 1 aromatic rings. The van der Waals surface area contributed by atoms with E-state index in [4.69, 9.17) is 0 Å². The summed E-state index contributed by atoms with van der Waals surface area (Å²) in [7, 11) is 0. The molecule has 22 heavy (non-hydrogen) atoms. The zero-order valence-corrected chi connectivity index (χ0v) is 16.6. The summed E-state index contributed by atoms with van der Waals surface area (Å²) in [6.07, 6.45) is 9.10. The number of unbranched alkanes of at least 4 members (excludes halogenated alkanes) is 3. The number of aryl methyl sites for hydroxylation is 2. The standard InChI is InChI=1S/C16H31N5.HI/c1-4-6-7-8-11-18-16(17-5-2)19-12-9-10-15-13-20-21-14(15)3;/h13H,4-12H2,1-3H3,(H,20,21)(H2,17,18,19);1H. The molecule has 0 aromatic carbocycles. The Morgan fingerprint density at radius 2 is 2.00 bits per heavy atom. The van der Waals surface area contributed by atoms with Crippen LogP contribution in [-0.4, -0.2) is 35.8 Å². The molecule has 0 aliphatic carbocycles. The highest BCUT2D eigenvalue weighted by atomic mass is 127. The smallest absolute Gasteiger partial charge is 0.191 e. The molecule has 1 heterocycles. The van der Waals surface area contributed by atoms with Crippen LogP contribution in [0.2, 0.25) is 0 Å². The van der Waals surface area contributed by atoms with Gasteiger partial charge in [-0.3, -0.25) is 10.1 Å². The molecule has 3 N–H and O–H groups in total. The number of H-pyrrole nitrogens is 1. The van der Waals surface area contributed by atoms with Crippen LogP contribution in [0.5, 0.6) is 0 Å². The van der Waals surface area contributed by atoms with Crippen molar-refractivity contribution in [3.8, 4) is 0 Å². The van der Waals surface area contributed by atoms with Gasteiger partial charge in [0.1, 0.15) is 0 Å². The predicted molar refractivity (Wildman–Crippen MR) is 105 cm³/mol. The number of nitrogens with one attached hydrogen (secondary N) is 3. The molecule has 1 aromatic heterocycles. The molecular weight excluding hydrogens is 389 g/mol. The Bertz CT molecular complexity index is 403. The highest BCUT2D eigenvalue weighted by Gasteiger charge is 2.00. The fraction of sp³-hybridized carbons (Fsp3) is 0.750. The summed E-state index contributed by atoms with van der Waals surface area (Å²) >= 11 is 0. The fourth-order valence-electron chi connectivity index (χ4n) is 2.19. The maximum absolute atomic E-state index is 4.62. The van der Waals surface area contributed by atoms with Crippen molar-refractivity contribution < 1.29 is 0 Å². The van der Waals surface area contributed by atoms with Crippen molar-refractivity contribution in [1.29, 1.82) is 0 Å². The first-order chi connectivity index (χ1) is 10.3. The number of halogens is 1. The van der Waals surface area contributed by atoms with Crippen molar-refractivity contribution in [2.24, 2.45) is 4.99 Å².